The minimum atomic E-state index is -3.76. The molecule has 22 heavy (non-hydrogen) atoms. The van der Waals surface area contributed by atoms with Crippen molar-refractivity contribution in [2.24, 2.45) is 0 Å². The molecule has 0 bridgehead atoms. The molecule has 8 nitrogen and oxygen atoms in total. The third-order valence-electron chi connectivity index (χ3n) is 3.26. The van der Waals surface area contributed by atoms with Crippen LogP contribution in [0.25, 0.3) is 0 Å². The van der Waals surface area contributed by atoms with Crippen LogP contribution < -0.4 is 24.8 Å². The first-order chi connectivity index (χ1) is 10.4. The molecule has 0 saturated heterocycles. The van der Waals surface area contributed by atoms with E-state index in [9.17, 15) is 13.2 Å². The van der Waals surface area contributed by atoms with E-state index in [2.05, 4.69) is 15.4 Å². The van der Waals surface area contributed by atoms with Crippen molar-refractivity contribution in [3.63, 3.8) is 0 Å². The molecule has 1 amide bonds. The molecule has 0 saturated carbocycles. The number of fused-ring (bicyclic) bond motifs is 1. The van der Waals surface area contributed by atoms with Crippen molar-refractivity contribution < 1.29 is 22.7 Å². The summed E-state index contributed by atoms with van der Waals surface area (Å²) in [7, 11) is -0.654. The van der Waals surface area contributed by atoms with E-state index in [-0.39, 0.29) is 35.7 Å². The Bertz CT molecular complexity index is 674. The molecule has 1 unspecified atom stereocenters. The first kappa shape index (κ1) is 16.5. The smallest absolute Gasteiger partial charge is 0.262 e. The van der Waals surface area contributed by atoms with Crippen LogP contribution in [0.15, 0.2) is 17.0 Å². The van der Waals surface area contributed by atoms with Gasteiger partial charge in [-0.05, 0) is 14.0 Å². The number of rotatable bonds is 6. The summed E-state index contributed by atoms with van der Waals surface area (Å²) in [5.74, 6) is 0.128. The molecular formula is C13H19N3O5S. The van der Waals surface area contributed by atoms with Crippen molar-refractivity contribution in [3.05, 3.63) is 12.1 Å². The number of benzene rings is 1. The van der Waals surface area contributed by atoms with Crippen molar-refractivity contribution in [2.75, 3.05) is 32.6 Å². The first-order valence-corrected chi connectivity index (χ1v) is 8.17. The maximum atomic E-state index is 12.4. The molecule has 0 aromatic heterocycles. The van der Waals surface area contributed by atoms with Crippen molar-refractivity contribution in [3.8, 4) is 11.5 Å². The number of nitrogens with one attached hydrogen (secondary N) is 3. The lowest BCUT2D eigenvalue weighted by Gasteiger charge is -2.21. The number of sulfonamides is 1. The summed E-state index contributed by atoms with van der Waals surface area (Å²) in [6.07, 6.45) is 0. The number of carbonyl (C=O) groups excluding carboxylic acids is 1. The van der Waals surface area contributed by atoms with Gasteiger partial charge in [-0.2, -0.15) is 0 Å². The van der Waals surface area contributed by atoms with Crippen LogP contribution in [-0.4, -0.2) is 47.7 Å². The van der Waals surface area contributed by atoms with Crippen LogP contribution in [0.1, 0.15) is 6.92 Å². The van der Waals surface area contributed by atoms with Gasteiger partial charge in [0, 0.05) is 24.7 Å². The number of methoxy groups -OCH3 is 1. The topological polar surface area (TPSA) is 106 Å². The minimum Gasteiger partial charge on any atom is -0.495 e. The third kappa shape index (κ3) is 3.49. The predicted octanol–water partition coefficient (Wildman–Crippen LogP) is -0.0877. The molecule has 0 fully saturated rings. The van der Waals surface area contributed by atoms with E-state index in [1.54, 1.807) is 7.05 Å². The monoisotopic (exact) mass is 329 g/mol. The zero-order chi connectivity index (χ0) is 16.3. The van der Waals surface area contributed by atoms with Gasteiger partial charge in [0.1, 0.15) is 16.4 Å². The molecule has 1 aromatic rings. The van der Waals surface area contributed by atoms with Crippen LogP contribution in [-0.2, 0) is 14.8 Å². The summed E-state index contributed by atoms with van der Waals surface area (Å²) < 4.78 is 37.7. The van der Waals surface area contributed by atoms with Gasteiger partial charge in [0.25, 0.3) is 5.91 Å². The highest BCUT2D eigenvalue weighted by Gasteiger charge is 2.25. The average Bonchev–Trinajstić information content (AvgIpc) is 2.51. The lowest BCUT2D eigenvalue weighted by atomic mass is 10.2. The lowest BCUT2D eigenvalue weighted by Crippen LogP contribution is -2.37. The van der Waals surface area contributed by atoms with E-state index >= 15 is 0 Å². The van der Waals surface area contributed by atoms with E-state index in [4.69, 9.17) is 9.47 Å². The van der Waals surface area contributed by atoms with Gasteiger partial charge >= 0.3 is 0 Å². The summed E-state index contributed by atoms with van der Waals surface area (Å²) in [5, 5.41) is 5.55. The maximum Gasteiger partial charge on any atom is 0.262 e. The van der Waals surface area contributed by atoms with Gasteiger partial charge in [0.15, 0.2) is 6.61 Å². The van der Waals surface area contributed by atoms with Crippen molar-refractivity contribution >= 4 is 21.6 Å². The quantitative estimate of drug-likeness (QED) is 0.674. The molecule has 0 spiro atoms. The standard InChI is InChI=1S/C13H19N3O5S/c1-8(14-2)6-15-22(18,19)12-5-10-9(4-11(12)20-3)16-13(17)7-21-10/h4-5,8,14-15H,6-7H2,1-3H3,(H,16,17). The average molecular weight is 329 g/mol. The fourth-order valence-corrected chi connectivity index (χ4v) is 3.17. The van der Waals surface area contributed by atoms with Crippen molar-refractivity contribution in [2.45, 2.75) is 17.9 Å². The molecular weight excluding hydrogens is 310 g/mol. The maximum absolute atomic E-state index is 12.4. The van der Waals surface area contributed by atoms with E-state index in [1.165, 1.54) is 19.2 Å². The molecule has 9 heteroatoms. The number of ether oxygens (including phenoxy) is 2. The Hall–Kier alpha value is -1.84. The second-order valence-electron chi connectivity index (χ2n) is 4.88. The molecule has 122 valence electrons. The highest BCUT2D eigenvalue weighted by molar-refractivity contribution is 7.89. The minimum absolute atomic E-state index is 0.0195. The van der Waals surface area contributed by atoms with Gasteiger partial charge in [-0.25, -0.2) is 13.1 Å². The van der Waals surface area contributed by atoms with Gasteiger partial charge in [-0.15, -0.1) is 0 Å². The molecule has 0 aliphatic carbocycles. The molecule has 2 rings (SSSR count). The molecule has 1 aliphatic rings. The molecule has 1 aliphatic heterocycles. The number of hydrogen-bond acceptors (Lipinski definition) is 6. The van der Waals surface area contributed by atoms with Crippen LogP contribution in [0.4, 0.5) is 5.69 Å². The van der Waals surface area contributed by atoms with Gasteiger partial charge in [0.2, 0.25) is 10.0 Å². The summed E-state index contributed by atoms with van der Waals surface area (Å²) in [6.45, 7) is 1.94. The zero-order valence-corrected chi connectivity index (χ0v) is 13.4. The van der Waals surface area contributed by atoms with Crippen LogP contribution in [0.3, 0.4) is 0 Å². The number of hydrogen-bond donors (Lipinski definition) is 3. The van der Waals surface area contributed by atoms with Crippen molar-refractivity contribution in [1.82, 2.24) is 10.0 Å². The molecule has 1 heterocycles. The second-order valence-corrected chi connectivity index (χ2v) is 6.61. The third-order valence-corrected chi connectivity index (χ3v) is 4.71. The van der Waals surface area contributed by atoms with Crippen LogP contribution in [0.5, 0.6) is 11.5 Å². The van der Waals surface area contributed by atoms with Crippen LogP contribution >= 0.6 is 0 Å². The normalized spacial score (nSPS) is 15.5. The van der Waals surface area contributed by atoms with Crippen LogP contribution in [0, 0.1) is 0 Å². The number of likely N-dealkylation sites (N-methyl/N-ethyl adjacent to an activating group) is 1. The Morgan fingerprint density at radius 2 is 2.18 bits per heavy atom. The predicted molar refractivity (Wildman–Crippen MR) is 80.8 cm³/mol. The molecule has 0 radical (unpaired) electrons. The molecule has 3 N–H and O–H groups in total. The number of carbonyl (C=O) groups is 1. The highest BCUT2D eigenvalue weighted by atomic mass is 32.2. The number of anilines is 1. The van der Waals surface area contributed by atoms with Gasteiger partial charge < -0.3 is 20.1 Å². The second kappa shape index (κ2) is 6.51. The highest BCUT2D eigenvalue weighted by Crippen LogP contribution is 2.37. The van der Waals surface area contributed by atoms with E-state index < -0.39 is 10.0 Å². The van der Waals surface area contributed by atoms with E-state index in [0.29, 0.717) is 11.4 Å². The van der Waals surface area contributed by atoms with E-state index in [0.717, 1.165) is 0 Å². The summed E-state index contributed by atoms with van der Waals surface area (Å²) in [4.78, 5) is 11.3. The van der Waals surface area contributed by atoms with Crippen molar-refractivity contribution in [1.29, 1.82) is 0 Å². The van der Waals surface area contributed by atoms with Gasteiger partial charge in [-0.3, -0.25) is 4.79 Å². The van der Waals surface area contributed by atoms with E-state index in [1.807, 2.05) is 6.92 Å². The molecule has 1 atom stereocenters. The Morgan fingerprint density at radius 1 is 1.45 bits per heavy atom. The summed E-state index contributed by atoms with van der Waals surface area (Å²) >= 11 is 0. The Kier molecular flexibility index (Phi) is 4.89. The Labute approximate surface area is 129 Å². The summed E-state index contributed by atoms with van der Waals surface area (Å²) in [6, 6.07) is 2.76. The zero-order valence-electron chi connectivity index (χ0n) is 12.6. The fourth-order valence-electron chi connectivity index (χ4n) is 1.87. The van der Waals surface area contributed by atoms with Gasteiger partial charge in [0.05, 0.1) is 12.8 Å². The first-order valence-electron chi connectivity index (χ1n) is 6.69. The molecule has 1 aromatic carbocycles. The Balaban J connectivity index is 2.35. The van der Waals surface area contributed by atoms with Gasteiger partial charge in [-0.1, -0.05) is 0 Å². The number of amides is 1. The summed E-state index contributed by atoms with van der Waals surface area (Å²) in [5.41, 5.74) is 0.385. The largest absolute Gasteiger partial charge is 0.495 e. The Morgan fingerprint density at radius 3 is 2.82 bits per heavy atom. The lowest BCUT2D eigenvalue weighted by molar-refractivity contribution is -0.118. The SMILES string of the molecule is CNC(C)CNS(=O)(=O)c1cc2c(cc1OC)NC(=O)CO2. The van der Waals surface area contributed by atoms with Crippen LogP contribution in [0.2, 0.25) is 0 Å². The fraction of sp³-hybridized carbons (Fsp3) is 0.462.